The molecule has 1 saturated heterocycles. The highest BCUT2D eigenvalue weighted by Crippen LogP contribution is 2.21. The lowest BCUT2D eigenvalue weighted by atomic mass is 9.97. The van der Waals surface area contributed by atoms with E-state index < -0.39 is 51.2 Å². The second-order valence-electron chi connectivity index (χ2n) is 10.2. The molecule has 1 aliphatic rings. The van der Waals surface area contributed by atoms with E-state index in [1.54, 1.807) is 13.8 Å². The van der Waals surface area contributed by atoms with Gasteiger partial charge in [0.25, 0.3) is 10.1 Å². The normalized spacial score (nSPS) is 18.8. The molecule has 1 heterocycles. The predicted molar refractivity (Wildman–Crippen MR) is 132 cm³/mol. The molecule has 1 unspecified atom stereocenters. The molecule has 1 aliphatic heterocycles. The number of carbonyl (C=O) groups excluding carboxylic acids is 3. The van der Waals surface area contributed by atoms with Crippen LogP contribution in [0.3, 0.4) is 0 Å². The van der Waals surface area contributed by atoms with E-state index in [0.29, 0.717) is 19.4 Å². The number of aliphatic hydroxyl groups is 1. The first kappa shape index (κ1) is 29.5. The highest BCUT2D eigenvalue weighted by Gasteiger charge is 2.38. The molecule has 36 heavy (non-hydrogen) atoms. The van der Waals surface area contributed by atoms with Gasteiger partial charge < -0.3 is 25.8 Å². The number of alkyl carbamates (subject to hydrolysis) is 1. The van der Waals surface area contributed by atoms with Crippen molar-refractivity contribution in [3.8, 4) is 0 Å². The number of amides is 3. The zero-order valence-corrected chi connectivity index (χ0v) is 21.9. The minimum atomic E-state index is -4.94. The van der Waals surface area contributed by atoms with Crippen LogP contribution in [-0.2, 0) is 30.9 Å². The summed E-state index contributed by atoms with van der Waals surface area (Å²) in [4.78, 5) is 37.8. The van der Waals surface area contributed by atoms with E-state index in [1.807, 2.05) is 44.2 Å². The van der Waals surface area contributed by atoms with Gasteiger partial charge in [-0.15, -0.1) is 0 Å². The monoisotopic (exact) mass is 527 g/mol. The van der Waals surface area contributed by atoms with E-state index in [-0.39, 0.29) is 24.7 Å². The maximum absolute atomic E-state index is 13.1. The molecular formula is C24H37N3O8S. The Bertz CT molecular complexity index is 1010. The second-order valence-corrected chi connectivity index (χ2v) is 11.7. The topological polar surface area (TPSA) is 171 Å². The molecular weight excluding hydrogens is 490 g/mol. The molecule has 1 fully saturated rings. The van der Waals surface area contributed by atoms with Crippen LogP contribution < -0.4 is 16.0 Å². The molecule has 4 atom stereocenters. The van der Waals surface area contributed by atoms with Gasteiger partial charge in [-0.1, -0.05) is 44.2 Å². The number of rotatable bonds is 12. The van der Waals surface area contributed by atoms with Crippen molar-refractivity contribution in [2.75, 3.05) is 6.54 Å². The van der Waals surface area contributed by atoms with Gasteiger partial charge in [0.05, 0.1) is 6.04 Å². The van der Waals surface area contributed by atoms with Crippen molar-refractivity contribution in [3.63, 3.8) is 0 Å². The van der Waals surface area contributed by atoms with E-state index >= 15 is 0 Å². The van der Waals surface area contributed by atoms with Gasteiger partial charge >= 0.3 is 6.09 Å². The second kappa shape index (κ2) is 12.5. The number of ether oxygens (including phenoxy) is 1. The third-order valence-electron chi connectivity index (χ3n) is 5.84. The fourth-order valence-electron chi connectivity index (χ4n) is 4.16. The van der Waals surface area contributed by atoms with Crippen molar-refractivity contribution in [1.82, 2.24) is 16.0 Å². The molecule has 1 aromatic carbocycles. The molecule has 0 aliphatic carbocycles. The fourth-order valence-corrected chi connectivity index (χ4v) is 4.76. The third kappa shape index (κ3) is 9.40. The van der Waals surface area contributed by atoms with E-state index in [1.165, 1.54) is 0 Å². The van der Waals surface area contributed by atoms with Crippen LogP contribution in [0.5, 0.6) is 0 Å². The Kier molecular flexibility index (Phi) is 10.3. The molecule has 11 nitrogen and oxygen atoms in total. The molecule has 2 rings (SSSR count). The van der Waals surface area contributed by atoms with Gasteiger partial charge in [0.2, 0.25) is 17.3 Å². The van der Waals surface area contributed by atoms with Crippen LogP contribution in [0.15, 0.2) is 30.3 Å². The summed E-state index contributed by atoms with van der Waals surface area (Å²) in [7, 11) is -4.94. The van der Waals surface area contributed by atoms with Crippen LogP contribution >= 0.6 is 0 Å². The average molecular weight is 528 g/mol. The van der Waals surface area contributed by atoms with Crippen LogP contribution in [0.1, 0.15) is 52.5 Å². The van der Waals surface area contributed by atoms with Crippen molar-refractivity contribution >= 4 is 28.0 Å². The van der Waals surface area contributed by atoms with Crippen LogP contribution in [0, 0.1) is 11.8 Å². The molecule has 0 bridgehead atoms. The Balaban J connectivity index is 2.12. The molecule has 1 aromatic rings. The van der Waals surface area contributed by atoms with E-state index in [0.717, 1.165) is 5.56 Å². The number of benzene rings is 1. The summed E-state index contributed by atoms with van der Waals surface area (Å²) in [6.07, 6.45) is -0.0206. The maximum atomic E-state index is 13.1. The Morgan fingerprint density at radius 1 is 1.19 bits per heavy atom. The minimum absolute atomic E-state index is 0.0380. The third-order valence-corrected chi connectivity index (χ3v) is 6.77. The molecule has 12 heteroatoms. The quantitative estimate of drug-likeness (QED) is 0.254. The SMILES string of the molecule is CC(C)C[C@H](NC(=O)OC(C)(C)Cc1ccccc1)C(=O)N[C@@H](C[C@@H]1CCNC1=O)C(O)S(=O)(=O)O. The van der Waals surface area contributed by atoms with Crippen molar-refractivity contribution in [2.45, 2.75) is 76.5 Å². The van der Waals surface area contributed by atoms with Crippen LogP contribution in [-0.4, -0.2) is 65.7 Å². The lowest BCUT2D eigenvalue weighted by molar-refractivity contribution is -0.126. The summed E-state index contributed by atoms with van der Waals surface area (Å²) in [5.74, 6) is -1.79. The van der Waals surface area contributed by atoms with E-state index in [2.05, 4.69) is 16.0 Å². The minimum Gasteiger partial charge on any atom is -0.443 e. The maximum Gasteiger partial charge on any atom is 0.408 e. The Morgan fingerprint density at radius 2 is 1.83 bits per heavy atom. The van der Waals surface area contributed by atoms with Crippen molar-refractivity contribution < 1.29 is 37.2 Å². The first-order valence-electron chi connectivity index (χ1n) is 11.9. The fraction of sp³-hybridized carbons (Fsp3) is 0.625. The Morgan fingerprint density at radius 3 is 2.36 bits per heavy atom. The zero-order valence-electron chi connectivity index (χ0n) is 21.1. The predicted octanol–water partition coefficient (Wildman–Crippen LogP) is 1.37. The average Bonchev–Trinajstić information content (AvgIpc) is 3.15. The molecule has 0 radical (unpaired) electrons. The largest absolute Gasteiger partial charge is 0.443 e. The molecule has 202 valence electrons. The zero-order chi connectivity index (χ0) is 27.1. The summed E-state index contributed by atoms with van der Waals surface area (Å²) in [6, 6.07) is 6.86. The number of nitrogens with one attached hydrogen (secondary N) is 3. The van der Waals surface area contributed by atoms with E-state index in [9.17, 15) is 32.5 Å². The molecule has 0 saturated carbocycles. The van der Waals surface area contributed by atoms with Crippen molar-refractivity contribution in [2.24, 2.45) is 11.8 Å². The van der Waals surface area contributed by atoms with Gasteiger partial charge in [0.15, 0.2) is 0 Å². The standard InChI is InChI=1S/C24H37N3O8S/c1-15(2)12-18(27-23(31)35-24(3,4)14-16-8-6-5-7-9-16)21(29)26-19(22(30)36(32,33)34)13-17-10-11-25-20(17)28/h5-9,15,17-19,22,30H,10-14H2,1-4H3,(H,25,28)(H,26,29)(H,27,31)(H,32,33,34)/t17-,18-,19-,22?/m0/s1. The molecule has 3 amide bonds. The number of aliphatic hydroxyl groups excluding tert-OH is 1. The summed E-state index contributed by atoms with van der Waals surface area (Å²) in [6.45, 7) is 7.53. The van der Waals surface area contributed by atoms with Crippen LogP contribution in [0.2, 0.25) is 0 Å². The lowest BCUT2D eigenvalue weighted by Gasteiger charge is -2.29. The molecule has 5 N–H and O–H groups in total. The van der Waals surface area contributed by atoms with Gasteiger partial charge in [-0.3, -0.25) is 14.1 Å². The van der Waals surface area contributed by atoms with Crippen molar-refractivity contribution in [1.29, 1.82) is 0 Å². The number of hydrogen-bond acceptors (Lipinski definition) is 7. The first-order chi connectivity index (χ1) is 16.7. The number of carbonyl (C=O) groups is 3. The lowest BCUT2D eigenvalue weighted by Crippen LogP contribution is -2.55. The van der Waals surface area contributed by atoms with E-state index in [4.69, 9.17) is 4.74 Å². The molecule has 0 spiro atoms. The van der Waals surface area contributed by atoms with Gasteiger partial charge in [-0.2, -0.15) is 8.42 Å². The first-order valence-corrected chi connectivity index (χ1v) is 13.4. The van der Waals surface area contributed by atoms with Gasteiger partial charge in [0.1, 0.15) is 11.6 Å². The Hall–Kier alpha value is -2.70. The van der Waals surface area contributed by atoms with Crippen LogP contribution in [0.4, 0.5) is 4.79 Å². The van der Waals surface area contributed by atoms with Gasteiger partial charge in [-0.05, 0) is 44.6 Å². The summed E-state index contributed by atoms with van der Waals surface area (Å²) >= 11 is 0. The highest BCUT2D eigenvalue weighted by molar-refractivity contribution is 7.86. The van der Waals surface area contributed by atoms with Gasteiger partial charge in [-0.25, -0.2) is 4.79 Å². The molecule has 0 aromatic heterocycles. The summed E-state index contributed by atoms with van der Waals surface area (Å²) in [5.41, 5.74) is -2.26. The van der Waals surface area contributed by atoms with Crippen LogP contribution in [0.25, 0.3) is 0 Å². The Labute approximate surface area is 212 Å². The summed E-state index contributed by atoms with van der Waals surface area (Å²) < 4.78 is 38.1. The highest BCUT2D eigenvalue weighted by atomic mass is 32.2. The van der Waals surface area contributed by atoms with Gasteiger partial charge in [0, 0.05) is 18.9 Å². The van der Waals surface area contributed by atoms with Crippen molar-refractivity contribution in [3.05, 3.63) is 35.9 Å². The number of hydrogen-bond donors (Lipinski definition) is 5. The smallest absolute Gasteiger partial charge is 0.408 e. The summed E-state index contributed by atoms with van der Waals surface area (Å²) in [5, 5.41) is 17.7.